The Balaban J connectivity index is 1.92. The first kappa shape index (κ1) is 12.2. The molecule has 0 radical (unpaired) electrons. The smallest absolute Gasteiger partial charge is 0.335 e. The van der Waals surface area contributed by atoms with E-state index in [9.17, 15) is 4.79 Å². The molecule has 0 atom stereocenters. The van der Waals surface area contributed by atoms with E-state index in [0.29, 0.717) is 11.6 Å². The maximum Gasteiger partial charge on any atom is 0.335 e. The number of aromatic amines is 1. The summed E-state index contributed by atoms with van der Waals surface area (Å²) in [6.45, 7) is 2.02. The number of carboxylic acid groups (broad SMARTS) is 1. The van der Waals surface area contributed by atoms with E-state index in [0.717, 1.165) is 16.6 Å². The molecule has 0 aliphatic carbocycles. The second-order valence-electron chi connectivity index (χ2n) is 4.62. The SMILES string of the molecule is Cc1ccc2nc(Nc3cccc(C(=O)O)c3)[nH]c2c1. The zero-order chi connectivity index (χ0) is 14.1. The minimum absolute atomic E-state index is 0.238. The van der Waals surface area contributed by atoms with Crippen molar-refractivity contribution < 1.29 is 9.90 Å². The van der Waals surface area contributed by atoms with Crippen molar-refractivity contribution >= 4 is 28.6 Å². The van der Waals surface area contributed by atoms with Gasteiger partial charge >= 0.3 is 5.97 Å². The second kappa shape index (κ2) is 4.70. The molecule has 0 aliphatic heterocycles. The monoisotopic (exact) mass is 267 g/mol. The number of H-pyrrole nitrogens is 1. The molecule has 0 fully saturated rings. The first-order valence-corrected chi connectivity index (χ1v) is 6.18. The van der Waals surface area contributed by atoms with Crippen LogP contribution < -0.4 is 5.32 Å². The van der Waals surface area contributed by atoms with E-state index in [2.05, 4.69) is 15.3 Å². The summed E-state index contributed by atoms with van der Waals surface area (Å²) in [5.74, 6) is -0.359. The van der Waals surface area contributed by atoms with E-state index in [1.54, 1.807) is 24.3 Å². The topological polar surface area (TPSA) is 78.0 Å². The first-order valence-electron chi connectivity index (χ1n) is 6.18. The van der Waals surface area contributed by atoms with Gasteiger partial charge in [0.1, 0.15) is 0 Å². The molecular formula is C15H13N3O2. The van der Waals surface area contributed by atoms with Gasteiger partial charge in [-0.3, -0.25) is 0 Å². The predicted octanol–water partition coefficient (Wildman–Crippen LogP) is 3.31. The molecule has 1 aromatic heterocycles. The quantitative estimate of drug-likeness (QED) is 0.680. The molecule has 0 amide bonds. The van der Waals surface area contributed by atoms with Gasteiger partial charge in [0, 0.05) is 5.69 Å². The summed E-state index contributed by atoms with van der Waals surface area (Å²) >= 11 is 0. The lowest BCUT2D eigenvalue weighted by atomic mass is 10.2. The standard InChI is InChI=1S/C15H13N3O2/c1-9-5-6-12-13(7-9)18-15(17-12)16-11-4-2-3-10(8-11)14(19)20/h2-8H,1H3,(H,19,20)(H2,16,17,18). The van der Waals surface area contributed by atoms with Crippen LogP contribution >= 0.6 is 0 Å². The van der Waals surface area contributed by atoms with Crippen LogP contribution in [-0.2, 0) is 0 Å². The summed E-state index contributed by atoms with van der Waals surface area (Å²) in [6.07, 6.45) is 0. The second-order valence-corrected chi connectivity index (χ2v) is 4.62. The lowest BCUT2D eigenvalue weighted by molar-refractivity contribution is 0.0697. The number of benzene rings is 2. The van der Waals surface area contributed by atoms with Gasteiger partial charge < -0.3 is 15.4 Å². The lowest BCUT2D eigenvalue weighted by Crippen LogP contribution is -1.98. The van der Waals surface area contributed by atoms with Gasteiger partial charge in [-0.1, -0.05) is 12.1 Å². The molecule has 0 saturated carbocycles. The van der Waals surface area contributed by atoms with Crippen LogP contribution in [0.1, 0.15) is 15.9 Å². The summed E-state index contributed by atoms with van der Waals surface area (Å²) in [6, 6.07) is 12.6. The third-order valence-corrected chi connectivity index (χ3v) is 3.01. The third kappa shape index (κ3) is 2.33. The average Bonchev–Trinajstić information content (AvgIpc) is 2.80. The maximum atomic E-state index is 10.9. The number of aromatic carboxylic acids is 1. The minimum Gasteiger partial charge on any atom is -0.478 e. The number of carboxylic acids is 1. The van der Waals surface area contributed by atoms with Gasteiger partial charge in [0.25, 0.3) is 0 Å². The van der Waals surface area contributed by atoms with Gasteiger partial charge in [-0.2, -0.15) is 0 Å². The fourth-order valence-corrected chi connectivity index (χ4v) is 2.05. The van der Waals surface area contributed by atoms with Crippen molar-refractivity contribution in [3.8, 4) is 0 Å². The number of aromatic nitrogens is 2. The Labute approximate surface area is 115 Å². The van der Waals surface area contributed by atoms with Gasteiger partial charge in [0.05, 0.1) is 16.6 Å². The van der Waals surface area contributed by atoms with Crippen LogP contribution in [0.5, 0.6) is 0 Å². The Bertz CT molecular complexity index is 793. The van der Waals surface area contributed by atoms with E-state index in [1.165, 1.54) is 0 Å². The molecular weight excluding hydrogens is 254 g/mol. The molecule has 0 bridgehead atoms. The number of nitrogens with one attached hydrogen (secondary N) is 2. The van der Waals surface area contributed by atoms with Gasteiger partial charge in [0.15, 0.2) is 0 Å². The molecule has 0 aliphatic rings. The largest absolute Gasteiger partial charge is 0.478 e. The molecule has 1 heterocycles. The fourth-order valence-electron chi connectivity index (χ4n) is 2.05. The number of carbonyl (C=O) groups is 1. The van der Waals surface area contributed by atoms with Gasteiger partial charge in [-0.25, -0.2) is 9.78 Å². The molecule has 0 unspecified atom stereocenters. The first-order chi connectivity index (χ1) is 9.61. The van der Waals surface area contributed by atoms with E-state index in [1.807, 2.05) is 25.1 Å². The van der Waals surface area contributed by atoms with Crippen LogP contribution in [0.15, 0.2) is 42.5 Å². The third-order valence-electron chi connectivity index (χ3n) is 3.01. The Morgan fingerprint density at radius 3 is 2.90 bits per heavy atom. The number of hydrogen-bond acceptors (Lipinski definition) is 3. The number of hydrogen-bond donors (Lipinski definition) is 3. The molecule has 5 nitrogen and oxygen atoms in total. The number of imidazole rings is 1. The lowest BCUT2D eigenvalue weighted by Gasteiger charge is -2.03. The predicted molar refractivity (Wildman–Crippen MR) is 77.5 cm³/mol. The van der Waals surface area contributed by atoms with E-state index in [-0.39, 0.29) is 5.56 Å². The average molecular weight is 267 g/mol. The number of nitrogens with zero attached hydrogens (tertiary/aromatic N) is 1. The Morgan fingerprint density at radius 1 is 1.25 bits per heavy atom. The molecule has 0 spiro atoms. The molecule has 3 rings (SSSR count). The van der Waals surface area contributed by atoms with E-state index in [4.69, 9.17) is 5.11 Å². The molecule has 2 aromatic carbocycles. The number of rotatable bonds is 3. The van der Waals surface area contributed by atoms with Crippen LogP contribution in [0.4, 0.5) is 11.6 Å². The summed E-state index contributed by atoms with van der Waals surface area (Å²) in [5, 5.41) is 12.0. The van der Waals surface area contributed by atoms with Gasteiger partial charge in [0.2, 0.25) is 5.95 Å². The maximum absolute atomic E-state index is 10.9. The highest BCUT2D eigenvalue weighted by atomic mass is 16.4. The van der Waals surface area contributed by atoms with Crippen molar-refractivity contribution in [1.82, 2.24) is 9.97 Å². The molecule has 20 heavy (non-hydrogen) atoms. The summed E-state index contributed by atoms with van der Waals surface area (Å²) in [4.78, 5) is 18.5. The molecule has 3 aromatic rings. The highest BCUT2D eigenvalue weighted by Gasteiger charge is 2.06. The number of fused-ring (bicyclic) bond motifs is 1. The Hall–Kier alpha value is -2.82. The van der Waals surface area contributed by atoms with Crippen molar-refractivity contribution in [2.45, 2.75) is 6.92 Å². The summed E-state index contributed by atoms with van der Waals surface area (Å²) in [5.41, 5.74) is 3.89. The van der Waals surface area contributed by atoms with Crippen molar-refractivity contribution in [2.24, 2.45) is 0 Å². The van der Waals surface area contributed by atoms with Crippen LogP contribution in [-0.4, -0.2) is 21.0 Å². The zero-order valence-electron chi connectivity index (χ0n) is 10.8. The molecule has 100 valence electrons. The van der Waals surface area contributed by atoms with Crippen LogP contribution in [0.2, 0.25) is 0 Å². The number of aryl methyl sites for hydroxylation is 1. The van der Waals surface area contributed by atoms with E-state index < -0.39 is 5.97 Å². The van der Waals surface area contributed by atoms with Gasteiger partial charge in [-0.15, -0.1) is 0 Å². The van der Waals surface area contributed by atoms with Crippen molar-refractivity contribution in [3.63, 3.8) is 0 Å². The van der Waals surface area contributed by atoms with E-state index >= 15 is 0 Å². The highest BCUT2D eigenvalue weighted by Crippen LogP contribution is 2.20. The van der Waals surface area contributed by atoms with Crippen molar-refractivity contribution in [3.05, 3.63) is 53.6 Å². The molecule has 0 saturated heterocycles. The van der Waals surface area contributed by atoms with Gasteiger partial charge in [-0.05, 0) is 42.8 Å². The van der Waals surface area contributed by atoms with Crippen LogP contribution in [0.25, 0.3) is 11.0 Å². The normalized spacial score (nSPS) is 10.7. The molecule has 5 heteroatoms. The molecule has 3 N–H and O–H groups in total. The van der Waals surface area contributed by atoms with Crippen molar-refractivity contribution in [2.75, 3.05) is 5.32 Å². The Morgan fingerprint density at radius 2 is 2.10 bits per heavy atom. The van der Waals surface area contributed by atoms with Crippen LogP contribution in [0, 0.1) is 6.92 Å². The summed E-state index contributed by atoms with van der Waals surface area (Å²) < 4.78 is 0. The van der Waals surface area contributed by atoms with Crippen LogP contribution in [0.3, 0.4) is 0 Å². The van der Waals surface area contributed by atoms with Crippen molar-refractivity contribution in [1.29, 1.82) is 0 Å². The minimum atomic E-state index is -0.950. The zero-order valence-corrected chi connectivity index (χ0v) is 10.8. The summed E-state index contributed by atoms with van der Waals surface area (Å²) in [7, 11) is 0. The number of anilines is 2. The highest BCUT2D eigenvalue weighted by molar-refractivity contribution is 5.89. The fraction of sp³-hybridized carbons (Fsp3) is 0.0667. The Kier molecular flexibility index (Phi) is 2.87.